The number of hydrogen-bond acceptors (Lipinski definition) is 6. The second kappa shape index (κ2) is 6.53. The van der Waals surface area contributed by atoms with Crippen molar-refractivity contribution in [2.45, 2.75) is 13.8 Å². The van der Waals surface area contributed by atoms with Crippen LogP contribution in [-0.4, -0.2) is 22.7 Å². The zero-order valence-corrected chi connectivity index (χ0v) is 13.0. The number of para-hydroxylation sites is 1. The first-order valence-corrected chi connectivity index (χ1v) is 7.11. The van der Waals surface area contributed by atoms with Crippen molar-refractivity contribution in [1.29, 1.82) is 0 Å². The SMILES string of the molecule is Cc1cc(-c2nnc(NC(=O)COc3ccccc3F)o2)c(C)o1. The lowest BCUT2D eigenvalue weighted by atomic mass is 10.2. The molecule has 1 N–H and O–H groups in total. The van der Waals surface area contributed by atoms with Crippen LogP contribution in [0.5, 0.6) is 5.75 Å². The number of nitrogens with one attached hydrogen (secondary N) is 1. The molecule has 0 aliphatic rings. The Bertz CT molecular complexity index is 872. The average Bonchev–Trinajstić information content (AvgIpc) is 3.12. The third-order valence-electron chi connectivity index (χ3n) is 3.14. The van der Waals surface area contributed by atoms with Gasteiger partial charge in [-0.05, 0) is 32.0 Å². The lowest BCUT2D eigenvalue weighted by Crippen LogP contribution is -2.20. The van der Waals surface area contributed by atoms with Crippen molar-refractivity contribution in [2.75, 3.05) is 11.9 Å². The summed E-state index contributed by atoms with van der Waals surface area (Å²) in [5, 5.41) is 9.98. The number of carbonyl (C=O) groups excluding carboxylic acids is 1. The topological polar surface area (TPSA) is 90.4 Å². The summed E-state index contributed by atoms with van der Waals surface area (Å²) in [6.07, 6.45) is 0. The monoisotopic (exact) mass is 331 g/mol. The lowest BCUT2D eigenvalue weighted by Gasteiger charge is -2.05. The number of nitrogens with zero attached hydrogens (tertiary/aromatic N) is 2. The number of aromatic nitrogens is 2. The van der Waals surface area contributed by atoms with Gasteiger partial charge in [-0.3, -0.25) is 10.1 Å². The van der Waals surface area contributed by atoms with Gasteiger partial charge in [0.2, 0.25) is 0 Å². The zero-order chi connectivity index (χ0) is 17.1. The Morgan fingerprint density at radius 1 is 1.25 bits per heavy atom. The van der Waals surface area contributed by atoms with Gasteiger partial charge in [0, 0.05) is 0 Å². The lowest BCUT2D eigenvalue weighted by molar-refractivity contribution is -0.118. The highest BCUT2D eigenvalue weighted by Gasteiger charge is 2.16. The van der Waals surface area contributed by atoms with Crippen molar-refractivity contribution in [3.63, 3.8) is 0 Å². The van der Waals surface area contributed by atoms with E-state index in [4.69, 9.17) is 13.6 Å². The molecule has 0 radical (unpaired) electrons. The van der Waals surface area contributed by atoms with E-state index in [0.29, 0.717) is 17.1 Å². The Hall–Kier alpha value is -3.16. The number of anilines is 1. The minimum Gasteiger partial charge on any atom is -0.481 e. The number of aryl methyl sites for hydroxylation is 2. The van der Waals surface area contributed by atoms with Crippen molar-refractivity contribution < 1.29 is 22.8 Å². The zero-order valence-electron chi connectivity index (χ0n) is 13.0. The largest absolute Gasteiger partial charge is 0.481 e. The van der Waals surface area contributed by atoms with Crippen LogP contribution in [0, 0.1) is 19.7 Å². The van der Waals surface area contributed by atoms with Crippen LogP contribution in [-0.2, 0) is 4.79 Å². The molecule has 0 atom stereocenters. The van der Waals surface area contributed by atoms with Gasteiger partial charge in [-0.2, -0.15) is 0 Å². The number of benzene rings is 1. The quantitative estimate of drug-likeness (QED) is 0.772. The summed E-state index contributed by atoms with van der Waals surface area (Å²) in [5.74, 6) is 0.476. The van der Waals surface area contributed by atoms with Crippen molar-refractivity contribution in [1.82, 2.24) is 10.2 Å². The van der Waals surface area contributed by atoms with E-state index in [9.17, 15) is 9.18 Å². The minimum absolute atomic E-state index is 0.0108. The second-order valence-corrected chi connectivity index (χ2v) is 5.01. The molecule has 3 rings (SSSR count). The third kappa shape index (κ3) is 3.43. The van der Waals surface area contributed by atoms with Gasteiger partial charge in [-0.15, -0.1) is 5.10 Å². The summed E-state index contributed by atoms with van der Waals surface area (Å²) in [7, 11) is 0. The number of furan rings is 1. The normalized spacial score (nSPS) is 10.6. The van der Waals surface area contributed by atoms with Gasteiger partial charge < -0.3 is 13.6 Å². The Labute approximate surface area is 136 Å². The van der Waals surface area contributed by atoms with E-state index in [1.807, 2.05) is 0 Å². The highest BCUT2D eigenvalue weighted by molar-refractivity contribution is 5.89. The number of ether oxygens (including phenoxy) is 1. The maximum Gasteiger partial charge on any atom is 0.322 e. The molecule has 2 heterocycles. The highest BCUT2D eigenvalue weighted by Crippen LogP contribution is 2.26. The van der Waals surface area contributed by atoms with Crippen molar-refractivity contribution in [2.24, 2.45) is 0 Å². The van der Waals surface area contributed by atoms with Crippen molar-refractivity contribution in [3.05, 3.63) is 47.7 Å². The molecule has 1 aromatic carbocycles. The van der Waals surface area contributed by atoms with Gasteiger partial charge in [0.15, 0.2) is 18.2 Å². The molecular weight excluding hydrogens is 317 g/mol. The number of hydrogen-bond donors (Lipinski definition) is 1. The van der Waals surface area contributed by atoms with Gasteiger partial charge in [-0.25, -0.2) is 4.39 Å². The fraction of sp³-hybridized carbons (Fsp3) is 0.188. The first-order valence-electron chi connectivity index (χ1n) is 7.11. The smallest absolute Gasteiger partial charge is 0.322 e. The summed E-state index contributed by atoms with van der Waals surface area (Å²) in [5.41, 5.74) is 0.656. The molecule has 0 saturated carbocycles. The molecule has 0 bridgehead atoms. The standard InChI is InChI=1S/C16H14FN3O4/c1-9-7-11(10(2)23-9)15-19-20-16(24-15)18-14(21)8-22-13-6-4-3-5-12(13)17/h3-7H,8H2,1-2H3,(H,18,20,21). The summed E-state index contributed by atoms with van der Waals surface area (Å²) < 4.78 is 29.2. The van der Waals surface area contributed by atoms with E-state index in [-0.39, 0.29) is 24.3 Å². The van der Waals surface area contributed by atoms with Gasteiger partial charge >= 0.3 is 6.01 Å². The summed E-state index contributed by atoms with van der Waals surface area (Å²) >= 11 is 0. The maximum atomic E-state index is 13.4. The van der Waals surface area contributed by atoms with E-state index in [0.717, 1.165) is 0 Å². The predicted octanol–water partition coefficient (Wildman–Crippen LogP) is 3.10. The summed E-state index contributed by atoms with van der Waals surface area (Å²) in [6, 6.07) is 7.49. The number of halogens is 1. The van der Waals surface area contributed by atoms with Crippen molar-refractivity contribution >= 4 is 11.9 Å². The Kier molecular flexibility index (Phi) is 4.28. The molecule has 124 valence electrons. The third-order valence-corrected chi connectivity index (χ3v) is 3.14. The molecule has 8 heteroatoms. The van der Waals surface area contributed by atoms with Crippen LogP contribution in [0.4, 0.5) is 10.4 Å². The molecule has 0 unspecified atom stereocenters. The van der Waals surface area contributed by atoms with E-state index < -0.39 is 11.7 Å². The molecule has 0 spiro atoms. The fourth-order valence-corrected chi connectivity index (χ4v) is 2.09. The minimum atomic E-state index is -0.548. The van der Waals surface area contributed by atoms with Crippen LogP contribution >= 0.6 is 0 Å². The Morgan fingerprint density at radius 3 is 2.75 bits per heavy atom. The molecule has 0 fully saturated rings. The molecule has 7 nitrogen and oxygen atoms in total. The van der Waals surface area contributed by atoms with E-state index in [1.165, 1.54) is 18.2 Å². The molecule has 3 aromatic rings. The molecule has 2 aromatic heterocycles. The number of rotatable bonds is 5. The number of carbonyl (C=O) groups is 1. The Morgan fingerprint density at radius 2 is 2.04 bits per heavy atom. The number of amides is 1. The van der Waals surface area contributed by atoms with Gasteiger partial charge in [0.05, 0.1) is 5.56 Å². The summed E-state index contributed by atoms with van der Waals surface area (Å²) in [6.45, 7) is 3.19. The van der Waals surface area contributed by atoms with E-state index in [1.54, 1.807) is 26.0 Å². The molecule has 1 amide bonds. The van der Waals surface area contributed by atoms with Crippen LogP contribution < -0.4 is 10.1 Å². The predicted molar refractivity (Wildman–Crippen MR) is 82.0 cm³/mol. The fourth-order valence-electron chi connectivity index (χ4n) is 2.09. The van der Waals surface area contributed by atoms with Crippen LogP contribution in [0.3, 0.4) is 0 Å². The Balaban J connectivity index is 1.61. The van der Waals surface area contributed by atoms with Crippen LogP contribution in [0.25, 0.3) is 11.5 Å². The molecular formula is C16H14FN3O4. The first kappa shape index (κ1) is 15.7. The van der Waals surface area contributed by atoms with E-state index in [2.05, 4.69) is 15.5 Å². The van der Waals surface area contributed by atoms with Crippen LogP contribution in [0.1, 0.15) is 11.5 Å². The molecule has 24 heavy (non-hydrogen) atoms. The van der Waals surface area contributed by atoms with Crippen LogP contribution in [0.15, 0.2) is 39.2 Å². The molecule has 0 saturated heterocycles. The second-order valence-electron chi connectivity index (χ2n) is 5.01. The van der Waals surface area contributed by atoms with Gasteiger partial charge in [0.25, 0.3) is 11.8 Å². The molecule has 0 aliphatic carbocycles. The highest BCUT2D eigenvalue weighted by atomic mass is 19.1. The first-order chi connectivity index (χ1) is 11.5. The van der Waals surface area contributed by atoms with Gasteiger partial charge in [0.1, 0.15) is 11.5 Å². The van der Waals surface area contributed by atoms with Crippen LogP contribution in [0.2, 0.25) is 0 Å². The maximum absolute atomic E-state index is 13.4. The summed E-state index contributed by atoms with van der Waals surface area (Å²) in [4.78, 5) is 11.8. The molecule has 0 aliphatic heterocycles. The van der Waals surface area contributed by atoms with Gasteiger partial charge in [-0.1, -0.05) is 17.2 Å². The average molecular weight is 331 g/mol. The van der Waals surface area contributed by atoms with Crippen molar-refractivity contribution in [3.8, 4) is 17.2 Å². The van der Waals surface area contributed by atoms with E-state index >= 15 is 0 Å².